The number of benzene rings is 1. The van der Waals surface area contributed by atoms with Crippen LogP contribution in [0.2, 0.25) is 0 Å². The van der Waals surface area contributed by atoms with Crippen molar-refractivity contribution in [2.75, 3.05) is 18.6 Å². The van der Waals surface area contributed by atoms with E-state index in [1.54, 1.807) is 6.33 Å². The van der Waals surface area contributed by atoms with Crippen LogP contribution in [0.3, 0.4) is 0 Å². The lowest BCUT2D eigenvalue weighted by atomic mass is 9.97. The number of nitrogens with zero attached hydrogens (tertiary/aromatic N) is 4. The van der Waals surface area contributed by atoms with Gasteiger partial charge in [-0.2, -0.15) is 0 Å². The van der Waals surface area contributed by atoms with Crippen molar-refractivity contribution in [3.63, 3.8) is 0 Å². The summed E-state index contributed by atoms with van der Waals surface area (Å²) in [4.78, 5) is 13.1. The number of aliphatic hydroxyl groups is 1. The number of hydrogen-bond acceptors (Lipinski definition) is 6. The van der Waals surface area contributed by atoms with Crippen LogP contribution in [0.15, 0.2) is 47.3 Å². The smallest absolute Gasteiger partial charge is 0.145 e. The average Bonchev–Trinajstić information content (AvgIpc) is 3.42. The molecule has 0 radical (unpaired) electrons. The van der Waals surface area contributed by atoms with Gasteiger partial charge in [0.25, 0.3) is 0 Å². The summed E-state index contributed by atoms with van der Waals surface area (Å²) in [6, 6.07) is 11.1. The maximum absolute atomic E-state index is 7.00. The number of aromatic nitrogens is 4. The number of anilines is 2. The minimum absolute atomic E-state index is 0.488. The van der Waals surface area contributed by atoms with Crippen LogP contribution in [0.25, 0.3) is 21.9 Å². The average molecular weight is 483 g/mol. The summed E-state index contributed by atoms with van der Waals surface area (Å²) in [5, 5.41) is 9.06. The molecule has 3 aromatic heterocycles. The van der Waals surface area contributed by atoms with Crippen molar-refractivity contribution in [2.24, 2.45) is 5.92 Å². The molecule has 0 spiro atoms. The van der Waals surface area contributed by atoms with Gasteiger partial charge in [0.15, 0.2) is 0 Å². The molecule has 1 saturated carbocycles. The second-order valence-electron chi connectivity index (χ2n) is 7.97. The molecule has 2 atom stereocenters. The Balaban J connectivity index is 0.00000112. The molecular weight excluding hydrogens is 456 g/mol. The van der Waals surface area contributed by atoms with E-state index < -0.39 is 0 Å². The molecule has 1 aliphatic carbocycles. The van der Waals surface area contributed by atoms with E-state index in [-0.39, 0.29) is 0 Å². The maximum Gasteiger partial charge on any atom is 0.145 e. The highest BCUT2D eigenvalue weighted by Crippen LogP contribution is 2.39. The van der Waals surface area contributed by atoms with Gasteiger partial charge in [0.2, 0.25) is 0 Å². The molecule has 3 heterocycles. The van der Waals surface area contributed by atoms with Crippen molar-refractivity contribution in [3.05, 3.63) is 52.9 Å². The Morgan fingerprint density at radius 3 is 2.77 bits per heavy atom. The number of aliphatic hydroxyl groups excluding tert-OH is 1. The molecule has 8 heteroatoms. The number of nitrogen functional groups attached to an aromatic ring is 2. The van der Waals surface area contributed by atoms with Crippen LogP contribution < -0.4 is 11.5 Å². The third-order valence-electron chi connectivity index (χ3n) is 6.15. The summed E-state index contributed by atoms with van der Waals surface area (Å²) >= 11 is 3.45. The first-order valence-corrected chi connectivity index (χ1v) is 11.2. The van der Waals surface area contributed by atoms with Crippen LogP contribution >= 0.6 is 15.9 Å². The molecule has 4 aromatic rings. The fraction of sp³-hybridized carbons (Fsp3) is 0.348. The number of fused-ring (bicyclic) bond motifs is 2. The van der Waals surface area contributed by atoms with Gasteiger partial charge in [0.1, 0.15) is 23.6 Å². The number of rotatable bonds is 4. The van der Waals surface area contributed by atoms with Crippen molar-refractivity contribution in [1.29, 1.82) is 0 Å². The Morgan fingerprint density at radius 1 is 1.10 bits per heavy atom. The molecular formula is C23H27BrN6O. The number of hydrogen-bond donors (Lipinski definition) is 3. The van der Waals surface area contributed by atoms with Crippen molar-refractivity contribution in [1.82, 2.24) is 19.5 Å². The van der Waals surface area contributed by atoms with Gasteiger partial charge in [0, 0.05) is 24.7 Å². The molecule has 1 aliphatic rings. The molecule has 31 heavy (non-hydrogen) atoms. The molecule has 0 aliphatic heterocycles. The summed E-state index contributed by atoms with van der Waals surface area (Å²) in [6.07, 6.45) is 9.52. The van der Waals surface area contributed by atoms with Crippen molar-refractivity contribution in [2.45, 2.75) is 38.1 Å². The van der Waals surface area contributed by atoms with E-state index in [1.807, 2.05) is 12.1 Å². The lowest BCUT2D eigenvalue weighted by Crippen LogP contribution is -2.06. The van der Waals surface area contributed by atoms with Crippen LogP contribution in [0.5, 0.6) is 0 Å². The standard InChI is InChI=1S/C22H23BrN6.CH4O/c23-18-11-15-5-3-14(10-19(15)28-21(18)25)2-1-13-4-6-16(9-13)29-8-7-17-20(24)26-12-27-22(17)29;1-2/h3,5,7-8,10-13,16H,1-2,4,6,9H2,(H2,25,28)(H2,24,26,27);2H,1H3. The Morgan fingerprint density at radius 2 is 1.94 bits per heavy atom. The molecule has 2 unspecified atom stereocenters. The van der Waals surface area contributed by atoms with E-state index in [0.717, 1.165) is 45.9 Å². The van der Waals surface area contributed by atoms with Crippen molar-refractivity contribution < 1.29 is 5.11 Å². The normalized spacial score (nSPS) is 18.3. The van der Waals surface area contributed by atoms with Crippen LogP contribution in [-0.4, -0.2) is 31.7 Å². The van der Waals surface area contributed by atoms with Gasteiger partial charge in [0.05, 0.1) is 15.4 Å². The van der Waals surface area contributed by atoms with E-state index in [9.17, 15) is 0 Å². The first-order valence-electron chi connectivity index (χ1n) is 10.4. The minimum atomic E-state index is 0.488. The van der Waals surface area contributed by atoms with E-state index in [1.165, 1.54) is 31.2 Å². The molecule has 5 rings (SSSR count). The fourth-order valence-corrected chi connectivity index (χ4v) is 4.91. The summed E-state index contributed by atoms with van der Waals surface area (Å²) in [6.45, 7) is 0. The Kier molecular flexibility index (Phi) is 6.38. The molecule has 1 aromatic carbocycles. The maximum atomic E-state index is 7.00. The quantitative estimate of drug-likeness (QED) is 0.394. The van der Waals surface area contributed by atoms with E-state index in [2.05, 4.69) is 59.8 Å². The van der Waals surface area contributed by atoms with Gasteiger partial charge in [-0.1, -0.05) is 12.1 Å². The zero-order chi connectivity index (χ0) is 22.0. The van der Waals surface area contributed by atoms with Gasteiger partial charge in [-0.3, -0.25) is 0 Å². The van der Waals surface area contributed by atoms with Gasteiger partial charge in [-0.25, -0.2) is 15.0 Å². The summed E-state index contributed by atoms with van der Waals surface area (Å²) in [5.74, 6) is 1.81. The predicted octanol–water partition coefficient (Wildman–Crippen LogP) is 4.49. The van der Waals surface area contributed by atoms with Crippen LogP contribution in [0, 0.1) is 5.92 Å². The topological polar surface area (TPSA) is 116 Å². The Bertz CT molecular complexity index is 1210. The Labute approximate surface area is 189 Å². The van der Waals surface area contributed by atoms with E-state index >= 15 is 0 Å². The summed E-state index contributed by atoms with van der Waals surface area (Å²) < 4.78 is 3.13. The second kappa shape index (κ2) is 9.20. The predicted molar refractivity (Wildman–Crippen MR) is 129 cm³/mol. The number of nitrogens with two attached hydrogens (primary N) is 2. The Hall–Kier alpha value is -2.71. The monoisotopic (exact) mass is 482 g/mol. The van der Waals surface area contributed by atoms with Crippen LogP contribution in [0.4, 0.5) is 11.6 Å². The molecule has 1 fully saturated rings. The van der Waals surface area contributed by atoms with Gasteiger partial charge < -0.3 is 21.1 Å². The first-order chi connectivity index (χ1) is 15.1. The van der Waals surface area contributed by atoms with Gasteiger partial charge in [-0.15, -0.1) is 0 Å². The zero-order valence-corrected chi connectivity index (χ0v) is 19.1. The van der Waals surface area contributed by atoms with Crippen LogP contribution in [0.1, 0.15) is 37.3 Å². The fourth-order valence-electron chi connectivity index (χ4n) is 4.58. The minimum Gasteiger partial charge on any atom is -0.400 e. The van der Waals surface area contributed by atoms with E-state index in [0.29, 0.717) is 17.7 Å². The van der Waals surface area contributed by atoms with Crippen LogP contribution in [-0.2, 0) is 6.42 Å². The molecule has 5 N–H and O–H groups in total. The molecule has 7 nitrogen and oxygen atoms in total. The number of pyridine rings is 1. The lowest BCUT2D eigenvalue weighted by molar-refractivity contribution is 0.399. The number of halogens is 1. The third kappa shape index (κ3) is 4.36. The lowest BCUT2D eigenvalue weighted by Gasteiger charge is -2.14. The van der Waals surface area contributed by atoms with Gasteiger partial charge in [-0.05, 0) is 77.7 Å². The largest absolute Gasteiger partial charge is 0.400 e. The summed E-state index contributed by atoms with van der Waals surface area (Å²) in [5.41, 5.74) is 15.2. The number of aryl methyl sites for hydroxylation is 1. The molecule has 0 amide bonds. The zero-order valence-electron chi connectivity index (χ0n) is 17.5. The van der Waals surface area contributed by atoms with Gasteiger partial charge >= 0.3 is 0 Å². The second-order valence-corrected chi connectivity index (χ2v) is 8.83. The molecule has 0 saturated heterocycles. The van der Waals surface area contributed by atoms with E-state index in [4.69, 9.17) is 16.6 Å². The highest BCUT2D eigenvalue weighted by atomic mass is 79.9. The van der Waals surface area contributed by atoms with Crippen molar-refractivity contribution >= 4 is 49.5 Å². The highest BCUT2D eigenvalue weighted by molar-refractivity contribution is 9.10. The van der Waals surface area contributed by atoms with Crippen molar-refractivity contribution in [3.8, 4) is 0 Å². The molecule has 0 bridgehead atoms. The SMILES string of the molecule is CO.Nc1nc2cc(CCC3CCC(n4ccc5c(N)ncnc54)C3)ccc2cc1Br. The third-order valence-corrected chi connectivity index (χ3v) is 6.79. The summed E-state index contributed by atoms with van der Waals surface area (Å²) in [7, 11) is 1.00. The molecule has 162 valence electrons. The first kappa shape index (κ1) is 21.5. The highest BCUT2D eigenvalue weighted by Gasteiger charge is 2.27.